The van der Waals surface area contributed by atoms with Gasteiger partial charge in [-0.3, -0.25) is 4.99 Å². The number of thioether (sulfide) groups is 1. The first-order valence-electron chi connectivity index (χ1n) is 7.53. The summed E-state index contributed by atoms with van der Waals surface area (Å²) < 4.78 is 0. The van der Waals surface area contributed by atoms with Crippen LogP contribution in [0.15, 0.2) is 11.2 Å². The van der Waals surface area contributed by atoms with Crippen LogP contribution in [0.5, 0.6) is 0 Å². The van der Waals surface area contributed by atoms with Gasteiger partial charge in [-0.25, -0.2) is 4.98 Å². The number of nitrogens with zero attached hydrogens (tertiary/aromatic N) is 2. The first kappa shape index (κ1) is 14.4. The molecule has 1 spiro atoms. The highest BCUT2D eigenvalue weighted by atomic mass is 32.2. The summed E-state index contributed by atoms with van der Waals surface area (Å²) in [7, 11) is 0. The van der Waals surface area contributed by atoms with Gasteiger partial charge in [0.25, 0.3) is 0 Å². The zero-order valence-corrected chi connectivity index (χ0v) is 13.9. The maximum atomic E-state index is 4.82. The highest BCUT2D eigenvalue weighted by Gasteiger charge is 2.35. The molecule has 1 fully saturated rings. The van der Waals surface area contributed by atoms with Gasteiger partial charge in [0.15, 0.2) is 5.17 Å². The van der Waals surface area contributed by atoms with E-state index in [1.165, 1.54) is 42.7 Å². The van der Waals surface area contributed by atoms with Crippen molar-refractivity contribution >= 4 is 28.3 Å². The Kier molecular flexibility index (Phi) is 4.36. The van der Waals surface area contributed by atoms with Crippen molar-refractivity contribution in [2.45, 2.75) is 52.0 Å². The van der Waals surface area contributed by atoms with Crippen molar-refractivity contribution in [1.29, 1.82) is 0 Å². The lowest BCUT2D eigenvalue weighted by molar-refractivity contribution is 0.232. The van der Waals surface area contributed by atoms with Gasteiger partial charge >= 0.3 is 0 Å². The van der Waals surface area contributed by atoms with Crippen molar-refractivity contribution in [2.24, 2.45) is 10.4 Å². The SMILES string of the molecule is Cc1cnc(C(C)NC2=NCC3(CCCCC3)CS2)s1. The number of aromatic nitrogens is 1. The summed E-state index contributed by atoms with van der Waals surface area (Å²) in [4.78, 5) is 10.6. The topological polar surface area (TPSA) is 37.3 Å². The third kappa shape index (κ3) is 3.19. The number of amidine groups is 1. The number of rotatable bonds is 2. The number of aryl methyl sites for hydroxylation is 1. The molecule has 0 radical (unpaired) electrons. The minimum absolute atomic E-state index is 0.264. The largest absolute Gasteiger partial charge is 0.356 e. The zero-order chi connectivity index (χ0) is 14.0. The molecular formula is C15H23N3S2. The molecule has 1 atom stereocenters. The van der Waals surface area contributed by atoms with Crippen LogP contribution in [-0.2, 0) is 0 Å². The predicted octanol–water partition coefficient (Wildman–Crippen LogP) is 4.16. The van der Waals surface area contributed by atoms with Gasteiger partial charge in [0.2, 0.25) is 0 Å². The van der Waals surface area contributed by atoms with Crippen LogP contribution in [0, 0.1) is 12.3 Å². The van der Waals surface area contributed by atoms with E-state index < -0.39 is 0 Å². The highest BCUT2D eigenvalue weighted by molar-refractivity contribution is 8.13. The summed E-state index contributed by atoms with van der Waals surface area (Å²) in [5, 5.41) is 5.80. The van der Waals surface area contributed by atoms with E-state index >= 15 is 0 Å². The molecule has 0 bridgehead atoms. The number of hydrogen-bond acceptors (Lipinski definition) is 5. The fraction of sp³-hybridized carbons (Fsp3) is 0.733. The van der Waals surface area contributed by atoms with Gasteiger partial charge in [-0.15, -0.1) is 11.3 Å². The van der Waals surface area contributed by atoms with Crippen LogP contribution >= 0.6 is 23.1 Å². The summed E-state index contributed by atoms with van der Waals surface area (Å²) in [6.45, 7) is 5.30. The summed E-state index contributed by atoms with van der Waals surface area (Å²) >= 11 is 3.68. The van der Waals surface area contributed by atoms with Crippen LogP contribution in [0.1, 0.15) is 55.0 Å². The molecular weight excluding hydrogens is 286 g/mol. The molecule has 1 saturated carbocycles. The quantitative estimate of drug-likeness (QED) is 0.891. The van der Waals surface area contributed by atoms with E-state index in [2.05, 4.69) is 24.1 Å². The second kappa shape index (κ2) is 6.06. The number of aliphatic imine (C=N–C) groups is 1. The molecule has 3 nitrogen and oxygen atoms in total. The molecule has 3 rings (SSSR count). The standard InChI is InChI=1S/C15H23N3S2/c1-11-8-16-13(20-11)12(2)18-14-17-9-15(10-19-14)6-4-3-5-7-15/h8,12H,3-7,9-10H2,1-2H3,(H,17,18). The summed E-state index contributed by atoms with van der Waals surface area (Å²) in [5.41, 5.74) is 0.509. The van der Waals surface area contributed by atoms with E-state index in [9.17, 15) is 0 Å². The molecule has 1 N–H and O–H groups in total. The Morgan fingerprint density at radius 3 is 2.70 bits per heavy atom. The van der Waals surface area contributed by atoms with Crippen LogP contribution in [0.25, 0.3) is 0 Å². The van der Waals surface area contributed by atoms with E-state index in [1.807, 2.05) is 18.0 Å². The van der Waals surface area contributed by atoms with Gasteiger partial charge in [-0.2, -0.15) is 0 Å². The molecule has 110 valence electrons. The molecule has 2 aliphatic rings. The Morgan fingerprint density at radius 2 is 2.10 bits per heavy atom. The summed E-state index contributed by atoms with van der Waals surface area (Å²) in [5.74, 6) is 1.24. The van der Waals surface area contributed by atoms with Gasteiger partial charge in [0, 0.05) is 23.4 Å². The van der Waals surface area contributed by atoms with E-state index in [-0.39, 0.29) is 6.04 Å². The number of thiazole rings is 1. The fourth-order valence-electron chi connectivity index (χ4n) is 3.06. The predicted molar refractivity (Wildman–Crippen MR) is 88.7 cm³/mol. The molecule has 0 amide bonds. The summed E-state index contributed by atoms with van der Waals surface area (Å²) in [6.07, 6.45) is 8.91. The van der Waals surface area contributed by atoms with Gasteiger partial charge in [0.1, 0.15) is 5.01 Å². The Hall–Kier alpha value is -0.550. The maximum Gasteiger partial charge on any atom is 0.157 e. The van der Waals surface area contributed by atoms with Crippen molar-refractivity contribution in [3.63, 3.8) is 0 Å². The lowest BCUT2D eigenvalue weighted by Crippen LogP contribution is -2.37. The molecule has 0 saturated heterocycles. The Balaban J connectivity index is 1.59. The Bertz CT molecular complexity index is 489. The van der Waals surface area contributed by atoms with E-state index in [4.69, 9.17) is 4.99 Å². The van der Waals surface area contributed by atoms with Crippen LogP contribution in [-0.4, -0.2) is 22.4 Å². The lowest BCUT2D eigenvalue weighted by atomic mass is 9.75. The lowest BCUT2D eigenvalue weighted by Gasteiger charge is -2.38. The van der Waals surface area contributed by atoms with Crippen molar-refractivity contribution in [2.75, 3.05) is 12.3 Å². The molecule has 1 aliphatic carbocycles. The third-order valence-electron chi connectivity index (χ3n) is 4.34. The number of hydrogen-bond donors (Lipinski definition) is 1. The first-order valence-corrected chi connectivity index (χ1v) is 9.33. The monoisotopic (exact) mass is 309 g/mol. The molecule has 0 aromatic carbocycles. The van der Waals surface area contributed by atoms with Crippen molar-refractivity contribution in [3.05, 3.63) is 16.1 Å². The van der Waals surface area contributed by atoms with E-state index in [1.54, 1.807) is 11.3 Å². The molecule has 20 heavy (non-hydrogen) atoms. The minimum Gasteiger partial charge on any atom is -0.356 e. The second-order valence-electron chi connectivity index (χ2n) is 6.15. The average molecular weight is 310 g/mol. The van der Waals surface area contributed by atoms with E-state index in [0.29, 0.717) is 5.41 Å². The van der Waals surface area contributed by atoms with Gasteiger partial charge < -0.3 is 5.32 Å². The molecule has 1 aromatic heterocycles. The molecule has 5 heteroatoms. The molecule has 1 unspecified atom stereocenters. The second-order valence-corrected chi connectivity index (χ2v) is 8.38. The van der Waals surface area contributed by atoms with Gasteiger partial charge in [-0.1, -0.05) is 31.0 Å². The molecule has 1 aromatic rings. The molecule has 1 aliphatic heterocycles. The van der Waals surface area contributed by atoms with Crippen molar-refractivity contribution in [3.8, 4) is 0 Å². The Labute approximate surface area is 129 Å². The van der Waals surface area contributed by atoms with Crippen LogP contribution < -0.4 is 5.32 Å². The van der Waals surface area contributed by atoms with E-state index in [0.717, 1.165) is 16.7 Å². The fourth-order valence-corrected chi connectivity index (χ4v) is 5.08. The van der Waals surface area contributed by atoms with Crippen LogP contribution in [0.4, 0.5) is 0 Å². The van der Waals surface area contributed by atoms with Crippen molar-refractivity contribution in [1.82, 2.24) is 10.3 Å². The van der Waals surface area contributed by atoms with Crippen molar-refractivity contribution < 1.29 is 0 Å². The van der Waals surface area contributed by atoms with Gasteiger partial charge in [0.05, 0.1) is 6.04 Å². The average Bonchev–Trinajstić information content (AvgIpc) is 2.89. The van der Waals surface area contributed by atoms with Gasteiger partial charge in [-0.05, 0) is 32.1 Å². The highest BCUT2D eigenvalue weighted by Crippen LogP contribution is 2.41. The Morgan fingerprint density at radius 1 is 1.30 bits per heavy atom. The molecule has 2 heterocycles. The minimum atomic E-state index is 0.264. The zero-order valence-electron chi connectivity index (χ0n) is 12.3. The third-order valence-corrected chi connectivity index (χ3v) is 6.71. The first-order chi connectivity index (χ1) is 9.67. The normalized spacial score (nSPS) is 23.4. The maximum absolute atomic E-state index is 4.82. The van der Waals surface area contributed by atoms with Crippen LogP contribution in [0.3, 0.4) is 0 Å². The smallest absolute Gasteiger partial charge is 0.157 e. The number of nitrogens with one attached hydrogen (secondary N) is 1. The summed E-state index contributed by atoms with van der Waals surface area (Å²) in [6, 6.07) is 0.264. The van der Waals surface area contributed by atoms with Crippen LogP contribution in [0.2, 0.25) is 0 Å².